The van der Waals surface area contributed by atoms with Gasteiger partial charge in [0.2, 0.25) is 5.76 Å². The summed E-state index contributed by atoms with van der Waals surface area (Å²) in [5.74, 6) is -0.882. The lowest BCUT2D eigenvalue weighted by atomic mass is 9.96. The number of methoxy groups -OCH3 is 2. The normalized spacial score (nSPS) is 11.3. The average molecular weight is 309 g/mol. The number of hydrogen-bond donors (Lipinski definition) is 1. The lowest BCUT2D eigenvalue weighted by molar-refractivity contribution is 0.0652. The minimum absolute atomic E-state index is 0.260. The highest BCUT2D eigenvalue weighted by Gasteiger charge is 2.27. The zero-order valence-electron chi connectivity index (χ0n) is 12.6. The third kappa shape index (κ3) is 2.88. The molecule has 0 saturated heterocycles. The summed E-state index contributed by atoms with van der Waals surface area (Å²) in [5, 5.41) is 12.6. The number of hydrogen-bond acceptors (Lipinski definition) is 5. The SMILES string of the molecule is COc1cc(C(C)(C)F)c(OC)cc1-c1cc(C(=O)O)on1. The summed E-state index contributed by atoms with van der Waals surface area (Å²) in [6.45, 7) is 2.81. The molecule has 0 radical (unpaired) electrons. The van der Waals surface area contributed by atoms with Crippen molar-refractivity contribution in [2.24, 2.45) is 0 Å². The Balaban J connectivity index is 2.62. The lowest BCUT2D eigenvalue weighted by Crippen LogP contribution is -2.11. The summed E-state index contributed by atoms with van der Waals surface area (Å²) in [7, 11) is 2.85. The highest BCUT2D eigenvalue weighted by atomic mass is 19.1. The van der Waals surface area contributed by atoms with Gasteiger partial charge in [-0.1, -0.05) is 5.16 Å². The third-order valence-electron chi connectivity index (χ3n) is 3.16. The zero-order chi connectivity index (χ0) is 16.5. The Morgan fingerprint density at radius 1 is 1.23 bits per heavy atom. The van der Waals surface area contributed by atoms with E-state index < -0.39 is 11.6 Å². The van der Waals surface area contributed by atoms with Gasteiger partial charge in [0.15, 0.2) is 0 Å². The van der Waals surface area contributed by atoms with Gasteiger partial charge in [0, 0.05) is 17.2 Å². The lowest BCUT2D eigenvalue weighted by Gasteiger charge is -2.20. The monoisotopic (exact) mass is 309 g/mol. The molecule has 7 heteroatoms. The van der Waals surface area contributed by atoms with Crippen LogP contribution in [0.5, 0.6) is 11.5 Å². The van der Waals surface area contributed by atoms with Crippen molar-refractivity contribution in [2.45, 2.75) is 19.5 Å². The van der Waals surface area contributed by atoms with E-state index in [0.29, 0.717) is 22.6 Å². The number of halogens is 1. The molecule has 1 aromatic heterocycles. The maximum atomic E-state index is 14.3. The number of benzene rings is 1. The molecule has 0 atom stereocenters. The number of ether oxygens (including phenoxy) is 2. The molecule has 22 heavy (non-hydrogen) atoms. The second-order valence-corrected chi connectivity index (χ2v) is 5.11. The fourth-order valence-corrected chi connectivity index (χ4v) is 2.07. The molecule has 0 saturated carbocycles. The van der Waals surface area contributed by atoms with Gasteiger partial charge in [-0.05, 0) is 26.0 Å². The molecule has 118 valence electrons. The Hall–Kier alpha value is -2.57. The van der Waals surface area contributed by atoms with Gasteiger partial charge in [-0.2, -0.15) is 0 Å². The summed E-state index contributed by atoms with van der Waals surface area (Å²) in [6, 6.07) is 4.31. The van der Waals surface area contributed by atoms with Crippen molar-refractivity contribution in [3.63, 3.8) is 0 Å². The van der Waals surface area contributed by atoms with Gasteiger partial charge < -0.3 is 19.1 Å². The Bertz CT molecular complexity index is 702. The Morgan fingerprint density at radius 2 is 1.86 bits per heavy atom. The van der Waals surface area contributed by atoms with E-state index in [1.54, 1.807) is 6.07 Å². The van der Waals surface area contributed by atoms with Crippen molar-refractivity contribution in [3.05, 3.63) is 29.5 Å². The van der Waals surface area contributed by atoms with Crippen LogP contribution in [-0.2, 0) is 5.67 Å². The first-order valence-corrected chi connectivity index (χ1v) is 6.43. The molecule has 0 aliphatic heterocycles. The number of aromatic carboxylic acids is 1. The summed E-state index contributed by atoms with van der Waals surface area (Å²) >= 11 is 0. The van der Waals surface area contributed by atoms with Crippen LogP contribution in [0.4, 0.5) is 4.39 Å². The Morgan fingerprint density at radius 3 is 2.32 bits per heavy atom. The van der Waals surface area contributed by atoms with Crippen molar-refractivity contribution in [1.82, 2.24) is 5.16 Å². The maximum Gasteiger partial charge on any atom is 0.374 e. The smallest absolute Gasteiger partial charge is 0.374 e. The quantitative estimate of drug-likeness (QED) is 0.913. The summed E-state index contributed by atoms with van der Waals surface area (Å²) in [5.41, 5.74) is -0.607. The van der Waals surface area contributed by atoms with Crippen molar-refractivity contribution in [2.75, 3.05) is 14.2 Å². The van der Waals surface area contributed by atoms with E-state index in [4.69, 9.17) is 19.1 Å². The van der Waals surface area contributed by atoms with Crippen LogP contribution in [-0.4, -0.2) is 30.5 Å². The summed E-state index contributed by atoms with van der Waals surface area (Å²) in [4.78, 5) is 10.9. The second-order valence-electron chi connectivity index (χ2n) is 5.11. The summed E-state index contributed by atoms with van der Waals surface area (Å²) < 4.78 is 29.5. The maximum absolute atomic E-state index is 14.3. The zero-order valence-corrected chi connectivity index (χ0v) is 12.6. The van der Waals surface area contributed by atoms with Crippen molar-refractivity contribution in [3.8, 4) is 22.8 Å². The van der Waals surface area contributed by atoms with Crippen LogP contribution in [0.15, 0.2) is 22.7 Å². The van der Waals surface area contributed by atoms with E-state index in [9.17, 15) is 9.18 Å². The van der Waals surface area contributed by atoms with Crippen LogP contribution in [0.3, 0.4) is 0 Å². The van der Waals surface area contributed by atoms with Gasteiger partial charge in [0.25, 0.3) is 0 Å². The van der Waals surface area contributed by atoms with Gasteiger partial charge in [0.05, 0.1) is 14.2 Å². The number of nitrogens with zero attached hydrogens (tertiary/aromatic N) is 1. The fourth-order valence-electron chi connectivity index (χ4n) is 2.07. The van der Waals surface area contributed by atoms with Crippen LogP contribution in [0.25, 0.3) is 11.3 Å². The van der Waals surface area contributed by atoms with E-state index in [-0.39, 0.29) is 11.5 Å². The van der Waals surface area contributed by atoms with Crippen molar-refractivity contribution < 1.29 is 28.3 Å². The highest BCUT2D eigenvalue weighted by molar-refractivity contribution is 5.86. The Labute approximate surface area is 126 Å². The van der Waals surface area contributed by atoms with E-state index in [2.05, 4.69) is 5.16 Å². The molecule has 0 fully saturated rings. The molecule has 1 heterocycles. The standard InChI is InChI=1S/C15H16FNO5/c1-15(2,16)9-6-11(20-3)8(5-12(9)21-4)10-7-13(14(18)19)22-17-10/h5-7H,1-4H3,(H,18,19). The Kier molecular flexibility index (Phi) is 4.07. The summed E-state index contributed by atoms with van der Waals surface area (Å²) in [6.07, 6.45) is 0. The first-order valence-electron chi connectivity index (χ1n) is 6.43. The molecule has 0 amide bonds. The van der Waals surface area contributed by atoms with Crippen LogP contribution in [0.2, 0.25) is 0 Å². The van der Waals surface area contributed by atoms with E-state index in [1.807, 2.05) is 0 Å². The minimum Gasteiger partial charge on any atom is -0.496 e. The second kappa shape index (κ2) is 5.67. The molecule has 6 nitrogen and oxygen atoms in total. The van der Waals surface area contributed by atoms with E-state index in [1.165, 1.54) is 40.2 Å². The molecular weight excluding hydrogens is 293 g/mol. The van der Waals surface area contributed by atoms with E-state index >= 15 is 0 Å². The van der Waals surface area contributed by atoms with Crippen LogP contribution in [0.1, 0.15) is 30.0 Å². The molecule has 1 N–H and O–H groups in total. The number of carboxylic acids is 1. The molecule has 0 aliphatic rings. The topological polar surface area (TPSA) is 81.8 Å². The predicted molar refractivity (Wildman–Crippen MR) is 76.1 cm³/mol. The molecule has 2 rings (SSSR count). The molecule has 0 spiro atoms. The average Bonchev–Trinajstić information content (AvgIpc) is 2.94. The van der Waals surface area contributed by atoms with Gasteiger partial charge in [-0.3, -0.25) is 0 Å². The first kappa shape index (κ1) is 15.8. The van der Waals surface area contributed by atoms with Crippen LogP contribution in [0, 0.1) is 0 Å². The number of aromatic nitrogens is 1. The van der Waals surface area contributed by atoms with Gasteiger partial charge in [0.1, 0.15) is 22.9 Å². The highest BCUT2D eigenvalue weighted by Crippen LogP contribution is 2.41. The first-order chi connectivity index (χ1) is 10.3. The van der Waals surface area contributed by atoms with Gasteiger partial charge in [-0.25, -0.2) is 9.18 Å². The minimum atomic E-state index is -1.63. The van der Waals surface area contributed by atoms with Crippen LogP contribution < -0.4 is 9.47 Å². The van der Waals surface area contributed by atoms with E-state index in [0.717, 1.165) is 0 Å². The third-order valence-corrected chi connectivity index (χ3v) is 3.16. The van der Waals surface area contributed by atoms with Gasteiger partial charge >= 0.3 is 5.97 Å². The fraction of sp³-hybridized carbons (Fsp3) is 0.333. The number of alkyl halides is 1. The molecule has 2 aromatic rings. The molecule has 0 unspecified atom stereocenters. The molecular formula is C15H16FNO5. The largest absolute Gasteiger partial charge is 0.496 e. The molecule has 1 aromatic carbocycles. The van der Waals surface area contributed by atoms with Crippen LogP contribution >= 0.6 is 0 Å². The predicted octanol–water partition coefficient (Wildman–Crippen LogP) is 3.26. The van der Waals surface area contributed by atoms with Gasteiger partial charge in [-0.15, -0.1) is 0 Å². The molecule has 0 aliphatic carbocycles. The number of carboxylic acid groups (broad SMARTS) is 1. The van der Waals surface area contributed by atoms with Crippen molar-refractivity contribution in [1.29, 1.82) is 0 Å². The van der Waals surface area contributed by atoms with Crippen molar-refractivity contribution >= 4 is 5.97 Å². The number of rotatable bonds is 5. The number of carbonyl (C=O) groups is 1. The molecule has 0 bridgehead atoms.